The first kappa shape index (κ1) is 18.3. The molecule has 7 heteroatoms. The molecule has 0 spiro atoms. The van der Waals surface area contributed by atoms with Gasteiger partial charge in [0, 0.05) is 0 Å². The van der Waals surface area contributed by atoms with Crippen molar-refractivity contribution in [2.75, 3.05) is 0 Å². The molecule has 0 aliphatic heterocycles. The molecule has 84 valence electrons. The van der Waals surface area contributed by atoms with Crippen LogP contribution in [0.2, 0.25) is 0 Å². The summed E-state index contributed by atoms with van der Waals surface area (Å²) < 4.78 is 0. The summed E-state index contributed by atoms with van der Waals surface area (Å²) in [4.78, 5) is 26.9. The lowest BCUT2D eigenvalue weighted by Crippen LogP contribution is -2.13. The van der Waals surface area contributed by atoms with Gasteiger partial charge in [-0.15, -0.1) is 0 Å². The minimum absolute atomic E-state index is 1.19. The lowest BCUT2D eigenvalue weighted by molar-refractivity contribution is -0.146. The summed E-state index contributed by atoms with van der Waals surface area (Å²) >= 11 is 0. The zero-order valence-corrected chi connectivity index (χ0v) is 7.88. The highest BCUT2D eigenvalue weighted by Gasteiger charge is 2.01. The molecule has 0 amide bonds. The Kier molecular flexibility index (Phi) is 15.1. The maximum Gasteiger partial charge on any atom is 0.332 e. The van der Waals surface area contributed by atoms with Crippen LogP contribution in [0.1, 0.15) is 13.8 Å². The molecule has 7 nitrogen and oxygen atoms in total. The largest absolute Gasteiger partial charge is 0.479 e. The quantitative estimate of drug-likeness (QED) is 0.446. The van der Waals surface area contributed by atoms with Gasteiger partial charge in [-0.3, -0.25) is 0 Å². The third-order valence-electron chi connectivity index (χ3n) is 0.715. The number of rotatable bonds is 2. The molecule has 0 bridgehead atoms. The molecule has 4 N–H and O–H groups in total. The maximum absolute atomic E-state index is 9.45. The summed E-state index contributed by atoms with van der Waals surface area (Å²) in [6.07, 6.45) is -2.46. The van der Waals surface area contributed by atoms with E-state index in [1.807, 2.05) is 6.79 Å². The summed E-state index contributed by atoms with van der Waals surface area (Å²) in [5.41, 5.74) is 0. The number of carboxylic acid groups (broad SMARTS) is 2. The van der Waals surface area contributed by atoms with Gasteiger partial charge in [0.15, 0.2) is 0 Å². The fraction of sp³-hybridized carbons (Fsp3) is 0.571. The van der Waals surface area contributed by atoms with Crippen LogP contribution in [0.4, 0.5) is 0 Å². The zero-order valence-electron chi connectivity index (χ0n) is 7.88. The predicted molar refractivity (Wildman–Crippen MR) is 45.8 cm³/mol. The van der Waals surface area contributed by atoms with E-state index in [2.05, 4.69) is 0 Å². The Labute approximate surface area is 80.6 Å². The molecule has 0 aromatic carbocycles. The SMILES string of the molecule is C=O.CC(O)C(=O)O.CC(O)C(=O)O. The molecule has 2 unspecified atom stereocenters. The van der Waals surface area contributed by atoms with Crippen LogP contribution in [0.5, 0.6) is 0 Å². The van der Waals surface area contributed by atoms with E-state index in [-0.39, 0.29) is 0 Å². The van der Waals surface area contributed by atoms with Crippen molar-refractivity contribution in [2.45, 2.75) is 26.1 Å². The standard InChI is InChI=1S/2C3H6O3.CH2O/c2*1-2(4)3(5)6;1-2/h2*2,4H,1H3,(H,5,6);1H2. The second-order valence-corrected chi connectivity index (χ2v) is 2.03. The number of carbonyl (C=O) groups excluding carboxylic acids is 1. The van der Waals surface area contributed by atoms with Crippen molar-refractivity contribution in [2.24, 2.45) is 0 Å². The number of aliphatic hydroxyl groups is 2. The normalized spacial score (nSPS) is 12.0. The lowest BCUT2D eigenvalue weighted by Gasteiger charge is -1.89. The van der Waals surface area contributed by atoms with Gasteiger partial charge in [0.1, 0.15) is 19.0 Å². The summed E-state index contributed by atoms with van der Waals surface area (Å²) in [6, 6.07) is 0. The lowest BCUT2D eigenvalue weighted by atomic mass is 10.4. The molecule has 2 atom stereocenters. The van der Waals surface area contributed by atoms with Crippen LogP contribution in [-0.2, 0) is 14.4 Å². The summed E-state index contributed by atoms with van der Waals surface area (Å²) in [6.45, 7) is 4.39. The average Bonchev–Trinajstić information content (AvgIpc) is 2.08. The first-order valence-electron chi connectivity index (χ1n) is 3.39. The molecule has 14 heavy (non-hydrogen) atoms. The highest BCUT2D eigenvalue weighted by molar-refractivity contribution is 5.71. The maximum atomic E-state index is 9.45. The second kappa shape index (κ2) is 11.5. The van der Waals surface area contributed by atoms with Crippen LogP contribution in [0, 0.1) is 0 Å². The third kappa shape index (κ3) is 22.4. The number of carboxylic acids is 2. The Bertz CT molecular complexity index is 145. The fourth-order valence-corrected chi connectivity index (χ4v) is 0. The van der Waals surface area contributed by atoms with Crippen molar-refractivity contribution in [3.63, 3.8) is 0 Å². The van der Waals surface area contributed by atoms with Crippen molar-refractivity contribution in [3.05, 3.63) is 0 Å². The van der Waals surface area contributed by atoms with Gasteiger partial charge in [-0.1, -0.05) is 0 Å². The molecule has 0 heterocycles. The van der Waals surface area contributed by atoms with Crippen molar-refractivity contribution in [3.8, 4) is 0 Å². The Morgan fingerprint density at radius 2 is 1.00 bits per heavy atom. The second-order valence-electron chi connectivity index (χ2n) is 2.03. The van der Waals surface area contributed by atoms with Crippen LogP contribution in [-0.4, -0.2) is 51.4 Å². The summed E-state index contributed by atoms with van der Waals surface area (Å²) in [5.74, 6) is -2.37. The molecule has 0 aromatic rings. The van der Waals surface area contributed by atoms with Crippen molar-refractivity contribution in [1.29, 1.82) is 0 Å². The average molecular weight is 210 g/mol. The van der Waals surface area contributed by atoms with E-state index in [0.717, 1.165) is 0 Å². The number of carbonyl (C=O) groups is 3. The summed E-state index contributed by atoms with van der Waals surface area (Å²) in [7, 11) is 0. The Morgan fingerprint density at radius 1 is 0.929 bits per heavy atom. The van der Waals surface area contributed by atoms with Gasteiger partial charge in [-0.05, 0) is 13.8 Å². The van der Waals surface area contributed by atoms with Crippen LogP contribution in [0.3, 0.4) is 0 Å². The van der Waals surface area contributed by atoms with Gasteiger partial charge >= 0.3 is 11.9 Å². The predicted octanol–water partition coefficient (Wildman–Crippen LogP) is -1.28. The Morgan fingerprint density at radius 3 is 1.00 bits per heavy atom. The van der Waals surface area contributed by atoms with E-state index in [4.69, 9.17) is 25.2 Å². The summed E-state index contributed by atoms with van der Waals surface area (Å²) in [5, 5.41) is 31.5. The van der Waals surface area contributed by atoms with Gasteiger partial charge in [0.05, 0.1) is 0 Å². The number of hydrogen-bond donors (Lipinski definition) is 4. The first-order chi connectivity index (χ1) is 6.29. The molecule has 0 aromatic heterocycles. The number of hydrogen-bond acceptors (Lipinski definition) is 5. The van der Waals surface area contributed by atoms with Gasteiger partial charge < -0.3 is 25.2 Å². The highest BCUT2D eigenvalue weighted by atomic mass is 16.4. The Hall–Kier alpha value is -1.47. The van der Waals surface area contributed by atoms with Crippen LogP contribution >= 0.6 is 0 Å². The zero-order chi connectivity index (χ0) is 12.3. The van der Waals surface area contributed by atoms with Crippen LogP contribution in [0.15, 0.2) is 0 Å². The van der Waals surface area contributed by atoms with E-state index in [1.54, 1.807) is 0 Å². The minimum atomic E-state index is -1.23. The molecular weight excluding hydrogens is 196 g/mol. The number of aliphatic hydroxyl groups excluding tert-OH is 2. The van der Waals surface area contributed by atoms with Gasteiger partial charge in [0.25, 0.3) is 0 Å². The fourth-order valence-electron chi connectivity index (χ4n) is 0. The topological polar surface area (TPSA) is 132 Å². The molecule has 0 radical (unpaired) electrons. The van der Waals surface area contributed by atoms with E-state index in [0.29, 0.717) is 0 Å². The van der Waals surface area contributed by atoms with Crippen molar-refractivity contribution in [1.82, 2.24) is 0 Å². The van der Waals surface area contributed by atoms with E-state index < -0.39 is 24.1 Å². The van der Waals surface area contributed by atoms with E-state index in [1.165, 1.54) is 13.8 Å². The monoisotopic (exact) mass is 210 g/mol. The Balaban J connectivity index is -0.000000147. The van der Waals surface area contributed by atoms with E-state index in [9.17, 15) is 9.59 Å². The highest BCUT2D eigenvalue weighted by Crippen LogP contribution is 1.73. The first-order valence-corrected chi connectivity index (χ1v) is 3.39. The van der Waals surface area contributed by atoms with E-state index >= 15 is 0 Å². The van der Waals surface area contributed by atoms with Crippen LogP contribution < -0.4 is 0 Å². The van der Waals surface area contributed by atoms with Gasteiger partial charge in [0.2, 0.25) is 0 Å². The van der Waals surface area contributed by atoms with Gasteiger partial charge in [-0.25, -0.2) is 9.59 Å². The molecule has 0 saturated carbocycles. The molecular formula is C7H14O7. The van der Waals surface area contributed by atoms with Gasteiger partial charge in [-0.2, -0.15) is 0 Å². The molecule has 0 saturated heterocycles. The third-order valence-corrected chi connectivity index (χ3v) is 0.715. The molecule has 0 aliphatic carbocycles. The van der Waals surface area contributed by atoms with Crippen molar-refractivity contribution < 1.29 is 34.8 Å². The van der Waals surface area contributed by atoms with Crippen LogP contribution in [0.25, 0.3) is 0 Å². The van der Waals surface area contributed by atoms with Crippen molar-refractivity contribution >= 4 is 18.7 Å². The smallest absolute Gasteiger partial charge is 0.332 e. The molecule has 0 rings (SSSR count). The number of aliphatic carboxylic acids is 2. The molecule has 0 fully saturated rings. The molecule has 0 aliphatic rings. The minimum Gasteiger partial charge on any atom is -0.479 e.